The van der Waals surface area contributed by atoms with E-state index in [1.54, 1.807) is 12.1 Å². The molecule has 112 valence electrons. The molecule has 1 aliphatic heterocycles. The molecule has 1 saturated heterocycles. The standard InChI is InChI=1S/C15H21FN2O.ClH/c16-14-5-1-3-13(9-14)10-15(19)18-8-2-4-12(11-18)6-7-17;/h1,3,5,9,12H,2,4,6-8,10-11,17H2;1H. The minimum atomic E-state index is -0.287. The molecule has 0 radical (unpaired) electrons. The van der Waals surface area contributed by atoms with Crippen molar-refractivity contribution < 1.29 is 9.18 Å². The zero-order valence-corrected chi connectivity index (χ0v) is 12.4. The number of nitrogens with two attached hydrogens (primary N) is 1. The molecule has 3 nitrogen and oxygen atoms in total. The van der Waals surface area contributed by atoms with Gasteiger partial charge in [0.1, 0.15) is 5.82 Å². The van der Waals surface area contributed by atoms with Gasteiger partial charge in [-0.05, 0) is 49.4 Å². The van der Waals surface area contributed by atoms with Crippen molar-refractivity contribution in [2.75, 3.05) is 19.6 Å². The summed E-state index contributed by atoms with van der Waals surface area (Å²) in [4.78, 5) is 14.1. The molecule has 0 spiro atoms. The van der Waals surface area contributed by atoms with E-state index in [4.69, 9.17) is 5.73 Å². The first kappa shape index (κ1) is 16.9. The third kappa shape index (κ3) is 4.76. The number of halogens is 2. The summed E-state index contributed by atoms with van der Waals surface area (Å²) in [6, 6.07) is 6.26. The number of rotatable bonds is 4. The van der Waals surface area contributed by atoms with Crippen LogP contribution in [0.5, 0.6) is 0 Å². The number of benzene rings is 1. The van der Waals surface area contributed by atoms with Crippen LogP contribution >= 0.6 is 12.4 Å². The summed E-state index contributed by atoms with van der Waals surface area (Å²) in [6.45, 7) is 2.29. The molecule has 0 aliphatic carbocycles. The highest BCUT2D eigenvalue weighted by molar-refractivity contribution is 5.85. The summed E-state index contributed by atoms with van der Waals surface area (Å²) in [6.07, 6.45) is 3.46. The molecule has 1 aliphatic rings. The smallest absolute Gasteiger partial charge is 0.227 e. The SMILES string of the molecule is Cl.NCCC1CCCN(C(=O)Cc2cccc(F)c2)C1. The number of carbonyl (C=O) groups is 1. The van der Waals surface area contributed by atoms with Gasteiger partial charge in [-0.25, -0.2) is 4.39 Å². The van der Waals surface area contributed by atoms with Gasteiger partial charge < -0.3 is 10.6 Å². The largest absolute Gasteiger partial charge is 0.342 e. The van der Waals surface area contributed by atoms with Crippen molar-refractivity contribution in [3.63, 3.8) is 0 Å². The Labute approximate surface area is 125 Å². The Hall–Kier alpha value is -1.13. The number of hydrogen-bond acceptors (Lipinski definition) is 2. The molecule has 2 N–H and O–H groups in total. The van der Waals surface area contributed by atoms with Gasteiger partial charge in [0.2, 0.25) is 5.91 Å². The van der Waals surface area contributed by atoms with Crippen molar-refractivity contribution in [1.82, 2.24) is 4.90 Å². The lowest BCUT2D eigenvalue weighted by Crippen LogP contribution is -2.41. The Morgan fingerprint density at radius 3 is 2.95 bits per heavy atom. The fourth-order valence-corrected chi connectivity index (χ4v) is 2.70. The maximum absolute atomic E-state index is 13.1. The van der Waals surface area contributed by atoms with Gasteiger partial charge in [-0.15, -0.1) is 12.4 Å². The van der Waals surface area contributed by atoms with Crippen LogP contribution in [0.4, 0.5) is 4.39 Å². The number of amides is 1. The van der Waals surface area contributed by atoms with Gasteiger partial charge in [-0.1, -0.05) is 12.1 Å². The first-order chi connectivity index (χ1) is 9.19. The van der Waals surface area contributed by atoms with Crippen LogP contribution in [0.2, 0.25) is 0 Å². The van der Waals surface area contributed by atoms with Crippen molar-refractivity contribution in [3.8, 4) is 0 Å². The van der Waals surface area contributed by atoms with Gasteiger partial charge in [0.05, 0.1) is 6.42 Å². The van der Waals surface area contributed by atoms with Crippen molar-refractivity contribution in [2.24, 2.45) is 11.7 Å². The second-order valence-corrected chi connectivity index (χ2v) is 5.23. The summed E-state index contributed by atoms with van der Waals surface area (Å²) in [5.74, 6) is 0.326. The average Bonchev–Trinajstić information content (AvgIpc) is 2.39. The Balaban J connectivity index is 0.00000200. The monoisotopic (exact) mass is 300 g/mol. The minimum absolute atomic E-state index is 0. The van der Waals surface area contributed by atoms with E-state index < -0.39 is 0 Å². The summed E-state index contributed by atoms with van der Waals surface area (Å²) >= 11 is 0. The number of carbonyl (C=O) groups excluding carboxylic acids is 1. The van der Waals surface area contributed by atoms with Crippen molar-refractivity contribution in [2.45, 2.75) is 25.7 Å². The van der Waals surface area contributed by atoms with E-state index in [-0.39, 0.29) is 30.6 Å². The first-order valence-electron chi connectivity index (χ1n) is 6.91. The van der Waals surface area contributed by atoms with Gasteiger partial charge in [0.25, 0.3) is 0 Å². The Morgan fingerprint density at radius 1 is 1.45 bits per heavy atom. The first-order valence-corrected chi connectivity index (χ1v) is 6.91. The van der Waals surface area contributed by atoms with Gasteiger partial charge >= 0.3 is 0 Å². The summed E-state index contributed by atoms with van der Waals surface area (Å²) in [5.41, 5.74) is 6.32. The number of nitrogens with zero attached hydrogens (tertiary/aromatic N) is 1. The van der Waals surface area contributed by atoms with Crippen LogP contribution in [0.25, 0.3) is 0 Å². The Bertz CT molecular complexity index is 440. The Kier molecular flexibility index (Phi) is 6.96. The maximum Gasteiger partial charge on any atom is 0.227 e. The van der Waals surface area contributed by atoms with Crippen molar-refractivity contribution >= 4 is 18.3 Å². The normalized spacial score (nSPS) is 18.5. The molecular weight excluding hydrogens is 279 g/mol. The van der Waals surface area contributed by atoms with Crippen LogP contribution < -0.4 is 5.73 Å². The van der Waals surface area contributed by atoms with E-state index >= 15 is 0 Å². The highest BCUT2D eigenvalue weighted by Gasteiger charge is 2.23. The molecule has 1 amide bonds. The summed E-state index contributed by atoms with van der Waals surface area (Å²) in [7, 11) is 0. The lowest BCUT2D eigenvalue weighted by molar-refractivity contribution is -0.132. The summed E-state index contributed by atoms with van der Waals surface area (Å²) < 4.78 is 13.1. The predicted molar refractivity (Wildman–Crippen MR) is 80.3 cm³/mol. The van der Waals surface area contributed by atoms with Crippen LogP contribution in [0.15, 0.2) is 24.3 Å². The quantitative estimate of drug-likeness (QED) is 0.928. The Morgan fingerprint density at radius 2 is 2.25 bits per heavy atom. The topological polar surface area (TPSA) is 46.3 Å². The molecule has 0 saturated carbocycles. The summed E-state index contributed by atoms with van der Waals surface area (Å²) in [5, 5.41) is 0. The lowest BCUT2D eigenvalue weighted by atomic mass is 9.94. The van der Waals surface area contributed by atoms with E-state index in [1.807, 2.05) is 4.90 Å². The lowest BCUT2D eigenvalue weighted by Gasteiger charge is -2.32. The minimum Gasteiger partial charge on any atom is -0.342 e. The molecule has 1 heterocycles. The molecule has 2 rings (SSSR count). The highest BCUT2D eigenvalue weighted by atomic mass is 35.5. The van der Waals surface area contributed by atoms with E-state index in [0.29, 0.717) is 12.5 Å². The molecular formula is C15H22ClFN2O. The van der Waals surface area contributed by atoms with Crippen molar-refractivity contribution in [3.05, 3.63) is 35.6 Å². The second kappa shape index (κ2) is 8.22. The van der Waals surface area contributed by atoms with Crippen molar-refractivity contribution in [1.29, 1.82) is 0 Å². The van der Waals surface area contributed by atoms with Crippen LogP contribution in [0.3, 0.4) is 0 Å². The van der Waals surface area contributed by atoms with E-state index in [9.17, 15) is 9.18 Å². The van der Waals surface area contributed by atoms with E-state index in [0.717, 1.165) is 37.9 Å². The molecule has 0 aromatic heterocycles. The second-order valence-electron chi connectivity index (χ2n) is 5.23. The molecule has 20 heavy (non-hydrogen) atoms. The molecule has 1 unspecified atom stereocenters. The molecule has 1 fully saturated rings. The molecule has 1 aromatic carbocycles. The van der Waals surface area contributed by atoms with E-state index in [1.165, 1.54) is 12.1 Å². The maximum atomic E-state index is 13.1. The fourth-order valence-electron chi connectivity index (χ4n) is 2.70. The predicted octanol–water partition coefficient (Wildman–Crippen LogP) is 2.38. The fraction of sp³-hybridized carbons (Fsp3) is 0.533. The highest BCUT2D eigenvalue weighted by Crippen LogP contribution is 2.20. The van der Waals surface area contributed by atoms with Gasteiger partial charge in [-0.3, -0.25) is 4.79 Å². The number of likely N-dealkylation sites (tertiary alicyclic amines) is 1. The molecule has 5 heteroatoms. The van der Waals surface area contributed by atoms with Gasteiger partial charge in [0.15, 0.2) is 0 Å². The van der Waals surface area contributed by atoms with Crippen LogP contribution in [0, 0.1) is 11.7 Å². The molecule has 1 aromatic rings. The third-order valence-electron chi connectivity index (χ3n) is 3.69. The van der Waals surface area contributed by atoms with Crippen LogP contribution in [0.1, 0.15) is 24.8 Å². The zero-order chi connectivity index (χ0) is 13.7. The zero-order valence-electron chi connectivity index (χ0n) is 11.6. The average molecular weight is 301 g/mol. The van der Waals surface area contributed by atoms with Crippen LogP contribution in [-0.4, -0.2) is 30.4 Å². The van der Waals surface area contributed by atoms with Gasteiger partial charge in [0, 0.05) is 13.1 Å². The molecule has 0 bridgehead atoms. The molecule has 1 atom stereocenters. The van der Waals surface area contributed by atoms with E-state index in [2.05, 4.69) is 0 Å². The third-order valence-corrected chi connectivity index (χ3v) is 3.69. The number of hydrogen-bond donors (Lipinski definition) is 1. The van der Waals surface area contributed by atoms with Gasteiger partial charge in [-0.2, -0.15) is 0 Å². The van der Waals surface area contributed by atoms with Crippen LogP contribution in [-0.2, 0) is 11.2 Å². The number of piperidine rings is 1.